The third kappa shape index (κ3) is 4.10. The molecule has 0 amide bonds. The Morgan fingerprint density at radius 1 is 1.00 bits per heavy atom. The highest BCUT2D eigenvalue weighted by atomic mass is 16.5. The van der Waals surface area contributed by atoms with Crippen LogP contribution < -0.4 is 10.1 Å². The van der Waals surface area contributed by atoms with E-state index in [0.29, 0.717) is 6.04 Å². The van der Waals surface area contributed by atoms with E-state index >= 15 is 0 Å². The highest BCUT2D eigenvalue weighted by Gasteiger charge is 2.07. The van der Waals surface area contributed by atoms with Crippen LogP contribution in [0, 0.1) is 0 Å². The predicted octanol–water partition coefficient (Wildman–Crippen LogP) is 4.33. The lowest BCUT2D eigenvalue weighted by molar-refractivity contribution is 0.313. The van der Waals surface area contributed by atoms with Crippen LogP contribution in [-0.4, -0.2) is 6.61 Å². The van der Waals surface area contributed by atoms with E-state index in [1.54, 1.807) is 0 Å². The van der Waals surface area contributed by atoms with Crippen molar-refractivity contribution in [2.45, 2.75) is 32.9 Å². The van der Waals surface area contributed by atoms with Crippen LogP contribution in [0.1, 0.15) is 37.4 Å². The topological polar surface area (TPSA) is 21.3 Å². The molecular weight excluding hydrogens is 246 g/mol. The van der Waals surface area contributed by atoms with Crippen LogP contribution in [0.3, 0.4) is 0 Å². The Balaban J connectivity index is 1.96. The minimum absolute atomic E-state index is 0.329. The summed E-state index contributed by atoms with van der Waals surface area (Å²) in [6.07, 6.45) is 1.03. The van der Waals surface area contributed by atoms with Crippen molar-refractivity contribution < 1.29 is 4.74 Å². The Morgan fingerprint density at radius 3 is 2.45 bits per heavy atom. The molecule has 2 rings (SSSR count). The molecule has 106 valence electrons. The van der Waals surface area contributed by atoms with Crippen LogP contribution in [0.15, 0.2) is 54.6 Å². The first-order valence-electron chi connectivity index (χ1n) is 7.30. The average Bonchev–Trinajstić information content (AvgIpc) is 2.52. The van der Waals surface area contributed by atoms with Gasteiger partial charge in [0, 0.05) is 18.2 Å². The van der Waals surface area contributed by atoms with E-state index in [1.807, 2.05) is 18.2 Å². The van der Waals surface area contributed by atoms with Crippen LogP contribution in [0.25, 0.3) is 0 Å². The van der Waals surface area contributed by atoms with Gasteiger partial charge in [0.15, 0.2) is 0 Å². The second kappa shape index (κ2) is 7.71. The van der Waals surface area contributed by atoms with Crippen LogP contribution in [-0.2, 0) is 6.54 Å². The van der Waals surface area contributed by atoms with E-state index in [2.05, 4.69) is 55.6 Å². The standard InChI is InChI=1S/C18H23NO/c1-3-13-20-18-12-8-7-11-17(18)14-19-15(2)16-9-5-4-6-10-16/h4-12,15,19H,3,13-14H2,1-2H3/t15-/m1/s1. The number of hydrogen-bond donors (Lipinski definition) is 1. The summed E-state index contributed by atoms with van der Waals surface area (Å²) in [7, 11) is 0. The molecule has 0 saturated carbocycles. The van der Waals surface area contributed by atoms with Crippen molar-refractivity contribution in [2.75, 3.05) is 6.61 Å². The van der Waals surface area contributed by atoms with Crippen molar-refractivity contribution in [1.82, 2.24) is 5.32 Å². The van der Waals surface area contributed by atoms with Gasteiger partial charge in [-0.3, -0.25) is 0 Å². The highest BCUT2D eigenvalue weighted by molar-refractivity contribution is 5.33. The lowest BCUT2D eigenvalue weighted by atomic mass is 10.1. The number of nitrogens with one attached hydrogen (secondary N) is 1. The van der Waals surface area contributed by atoms with Gasteiger partial charge in [-0.25, -0.2) is 0 Å². The summed E-state index contributed by atoms with van der Waals surface area (Å²) >= 11 is 0. The summed E-state index contributed by atoms with van der Waals surface area (Å²) in [5, 5.41) is 3.55. The SMILES string of the molecule is CCCOc1ccccc1CN[C@H](C)c1ccccc1. The minimum atomic E-state index is 0.329. The fraction of sp³-hybridized carbons (Fsp3) is 0.333. The van der Waals surface area contributed by atoms with Gasteiger partial charge in [-0.1, -0.05) is 55.5 Å². The van der Waals surface area contributed by atoms with Crippen LogP contribution in [0.4, 0.5) is 0 Å². The van der Waals surface area contributed by atoms with Gasteiger partial charge in [0.2, 0.25) is 0 Å². The van der Waals surface area contributed by atoms with E-state index in [1.165, 1.54) is 11.1 Å². The summed E-state index contributed by atoms with van der Waals surface area (Å²) in [6.45, 7) is 5.89. The number of rotatable bonds is 7. The maximum absolute atomic E-state index is 5.78. The minimum Gasteiger partial charge on any atom is -0.493 e. The summed E-state index contributed by atoms with van der Waals surface area (Å²) in [4.78, 5) is 0. The molecule has 0 aliphatic carbocycles. The molecular formula is C18H23NO. The van der Waals surface area contributed by atoms with Gasteiger partial charge in [-0.15, -0.1) is 0 Å². The summed E-state index contributed by atoms with van der Waals surface area (Å²) in [5.41, 5.74) is 2.52. The van der Waals surface area contributed by atoms with Crippen molar-refractivity contribution in [3.63, 3.8) is 0 Å². The first-order valence-corrected chi connectivity index (χ1v) is 7.30. The fourth-order valence-electron chi connectivity index (χ4n) is 2.13. The molecule has 0 heterocycles. The van der Waals surface area contributed by atoms with Gasteiger partial charge in [0.05, 0.1) is 6.61 Å². The molecule has 0 fully saturated rings. The molecule has 0 aliphatic heterocycles. The Hall–Kier alpha value is -1.80. The molecule has 2 heteroatoms. The quantitative estimate of drug-likeness (QED) is 0.808. The lowest BCUT2D eigenvalue weighted by Crippen LogP contribution is -2.18. The fourth-order valence-corrected chi connectivity index (χ4v) is 2.13. The molecule has 2 nitrogen and oxygen atoms in total. The van der Waals surface area contributed by atoms with Crippen molar-refractivity contribution in [1.29, 1.82) is 0 Å². The van der Waals surface area contributed by atoms with Gasteiger partial charge >= 0.3 is 0 Å². The molecule has 1 atom stereocenters. The molecule has 0 aliphatic rings. The molecule has 0 bridgehead atoms. The lowest BCUT2D eigenvalue weighted by Gasteiger charge is -2.16. The van der Waals surface area contributed by atoms with Crippen molar-refractivity contribution >= 4 is 0 Å². The normalized spacial score (nSPS) is 12.1. The Kier molecular flexibility index (Phi) is 5.63. The van der Waals surface area contributed by atoms with Crippen molar-refractivity contribution in [2.24, 2.45) is 0 Å². The van der Waals surface area contributed by atoms with Gasteiger partial charge in [0.25, 0.3) is 0 Å². The summed E-state index contributed by atoms with van der Waals surface area (Å²) in [6, 6.07) is 19.1. The van der Waals surface area contributed by atoms with Gasteiger partial charge in [-0.05, 0) is 25.0 Å². The molecule has 20 heavy (non-hydrogen) atoms. The van der Waals surface area contributed by atoms with E-state index in [-0.39, 0.29) is 0 Å². The predicted molar refractivity (Wildman–Crippen MR) is 83.9 cm³/mol. The van der Waals surface area contributed by atoms with Gasteiger partial charge in [-0.2, -0.15) is 0 Å². The van der Waals surface area contributed by atoms with E-state index in [0.717, 1.165) is 25.3 Å². The molecule has 2 aromatic rings. The van der Waals surface area contributed by atoms with E-state index < -0.39 is 0 Å². The molecule has 0 spiro atoms. The van der Waals surface area contributed by atoms with Crippen LogP contribution in [0.2, 0.25) is 0 Å². The number of para-hydroxylation sites is 1. The van der Waals surface area contributed by atoms with Crippen molar-refractivity contribution in [3.8, 4) is 5.75 Å². The third-order valence-corrected chi connectivity index (χ3v) is 3.33. The molecule has 0 unspecified atom stereocenters. The monoisotopic (exact) mass is 269 g/mol. The second-order valence-corrected chi connectivity index (χ2v) is 4.97. The average molecular weight is 269 g/mol. The molecule has 1 N–H and O–H groups in total. The van der Waals surface area contributed by atoms with Gasteiger partial charge < -0.3 is 10.1 Å². The third-order valence-electron chi connectivity index (χ3n) is 3.33. The molecule has 0 aromatic heterocycles. The number of benzene rings is 2. The van der Waals surface area contributed by atoms with Crippen molar-refractivity contribution in [3.05, 3.63) is 65.7 Å². The largest absolute Gasteiger partial charge is 0.493 e. The Labute approximate surface area is 121 Å². The van der Waals surface area contributed by atoms with E-state index in [9.17, 15) is 0 Å². The summed E-state index contributed by atoms with van der Waals surface area (Å²) < 4.78 is 5.78. The zero-order chi connectivity index (χ0) is 14.2. The first kappa shape index (κ1) is 14.6. The Morgan fingerprint density at radius 2 is 1.70 bits per heavy atom. The number of ether oxygens (including phenoxy) is 1. The Bertz CT molecular complexity index is 510. The molecule has 0 radical (unpaired) electrons. The highest BCUT2D eigenvalue weighted by Crippen LogP contribution is 2.19. The smallest absolute Gasteiger partial charge is 0.123 e. The number of hydrogen-bond acceptors (Lipinski definition) is 2. The maximum atomic E-state index is 5.78. The molecule has 0 saturated heterocycles. The molecule has 2 aromatic carbocycles. The van der Waals surface area contributed by atoms with Crippen LogP contribution in [0.5, 0.6) is 5.75 Å². The van der Waals surface area contributed by atoms with Gasteiger partial charge in [0.1, 0.15) is 5.75 Å². The summed E-state index contributed by atoms with van der Waals surface area (Å²) in [5.74, 6) is 0.988. The second-order valence-electron chi connectivity index (χ2n) is 4.97. The zero-order valence-electron chi connectivity index (χ0n) is 12.3. The zero-order valence-corrected chi connectivity index (χ0v) is 12.3. The first-order chi connectivity index (χ1) is 9.81. The van der Waals surface area contributed by atoms with E-state index in [4.69, 9.17) is 4.74 Å². The maximum Gasteiger partial charge on any atom is 0.123 e. The van der Waals surface area contributed by atoms with Crippen LogP contribution >= 0.6 is 0 Å².